The van der Waals surface area contributed by atoms with E-state index in [-0.39, 0.29) is 30.4 Å². The van der Waals surface area contributed by atoms with Gasteiger partial charge < -0.3 is 28.6 Å². The molecule has 2 fully saturated rings. The number of fused-ring (bicyclic) bond motifs is 4. The number of halogens is 1. The zero-order chi connectivity index (χ0) is 29.0. The van der Waals surface area contributed by atoms with E-state index < -0.39 is 42.1 Å². The van der Waals surface area contributed by atoms with Gasteiger partial charge in [0, 0.05) is 22.9 Å². The van der Waals surface area contributed by atoms with Crippen LogP contribution in [0.5, 0.6) is 5.75 Å². The van der Waals surface area contributed by atoms with Gasteiger partial charge in [0.1, 0.15) is 17.6 Å². The van der Waals surface area contributed by atoms with Crippen LogP contribution in [0.4, 0.5) is 9.18 Å². The Morgan fingerprint density at radius 1 is 1.14 bits per heavy atom. The van der Waals surface area contributed by atoms with Crippen LogP contribution in [0.3, 0.4) is 0 Å². The normalized spacial score (nSPS) is 21.7. The summed E-state index contributed by atoms with van der Waals surface area (Å²) in [6.45, 7) is 0.443. The summed E-state index contributed by atoms with van der Waals surface area (Å²) in [5.74, 6) is -0.495. The molecule has 4 aliphatic rings. The van der Waals surface area contributed by atoms with Gasteiger partial charge in [-0.2, -0.15) is 0 Å². The molecular formula is C29H26FN3O8S. The zero-order valence-electron chi connectivity index (χ0n) is 22.5. The maximum absolute atomic E-state index is 14.5. The quantitative estimate of drug-likeness (QED) is 0.330. The molecule has 0 saturated carbocycles. The van der Waals surface area contributed by atoms with Crippen molar-refractivity contribution in [2.45, 2.75) is 28.5 Å². The van der Waals surface area contributed by atoms with Crippen LogP contribution >= 0.6 is 11.8 Å². The lowest BCUT2D eigenvalue weighted by atomic mass is 9.92. The Morgan fingerprint density at radius 3 is 2.76 bits per heavy atom. The molecular weight excluding hydrogens is 569 g/mol. The highest BCUT2D eigenvalue weighted by Crippen LogP contribution is 2.45. The highest BCUT2D eigenvalue weighted by molar-refractivity contribution is 7.98. The van der Waals surface area contributed by atoms with Crippen LogP contribution in [-0.4, -0.2) is 73.7 Å². The lowest BCUT2D eigenvalue weighted by Crippen LogP contribution is -2.73. The van der Waals surface area contributed by atoms with Crippen molar-refractivity contribution in [1.29, 1.82) is 0 Å². The van der Waals surface area contributed by atoms with Crippen LogP contribution in [0.2, 0.25) is 0 Å². The summed E-state index contributed by atoms with van der Waals surface area (Å²) in [5.41, 5.74) is 1.39. The van der Waals surface area contributed by atoms with E-state index in [1.165, 1.54) is 24.4 Å². The molecule has 2 aromatic carbocycles. The number of pyridine rings is 1. The molecule has 3 aromatic rings. The summed E-state index contributed by atoms with van der Waals surface area (Å²) in [6.07, 6.45) is -0.0527. The van der Waals surface area contributed by atoms with Crippen molar-refractivity contribution in [3.8, 4) is 5.75 Å². The molecule has 13 heteroatoms. The minimum Gasteiger partial charge on any atom is -0.451 e. The van der Waals surface area contributed by atoms with Crippen molar-refractivity contribution in [2.24, 2.45) is 0 Å². The van der Waals surface area contributed by atoms with E-state index in [4.69, 9.17) is 18.9 Å². The fourth-order valence-corrected chi connectivity index (χ4v) is 7.04. The number of ether oxygens (including phenoxy) is 5. The topological polar surface area (TPSA) is 109 Å². The SMILES string of the molecule is COC(=O)OCOc1c2n(ccc1=O)N([C@H]1c3ccc(F)cc3CSc3ccccc31)[C@@H]1COC3(COC3)CN1C2=O. The second-order valence-electron chi connectivity index (χ2n) is 10.4. The minimum atomic E-state index is -0.996. The highest BCUT2D eigenvalue weighted by atomic mass is 32.2. The molecule has 1 aromatic heterocycles. The second-order valence-corrected chi connectivity index (χ2v) is 11.4. The Balaban J connectivity index is 1.43. The van der Waals surface area contributed by atoms with Gasteiger partial charge in [0.25, 0.3) is 5.91 Å². The minimum absolute atomic E-state index is 0.0254. The number of nitrogens with zero attached hydrogens (tertiary/aromatic N) is 3. The van der Waals surface area contributed by atoms with Gasteiger partial charge in [-0.1, -0.05) is 24.3 Å². The number of thioether (sulfide) groups is 1. The van der Waals surface area contributed by atoms with Gasteiger partial charge in [-0.15, -0.1) is 11.8 Å². The summed E-state index contributed by atoms with van der Waals surface area (Å²) >= 11 is 1.61. The summed E-state index contributed by atoms with van der Waals surface area (Å²) in [7, 11) is 1.15. The maximum atomic E-state index is 14.5. The van der Waals surface area contributed by atoms with Gasteiger partial charge in [0.2, 0.25) is 18.0 Å². The van der Waals surface area contributed by atoms with Crippen LogP contribution in [-0.2, 0) is 24.7 Å². The third kappa shape index (κ3) is 4.30. The monoisotopic (exact) mass is 595 g/mol. The first-order valence-electron chi connectivity index (χ1n) is 13.3. The standard InChI is InChI=1S/C29H26FN3O8S/c1-37-28(36)40-16-39-26-21(34)8-9-32-25(26)27(35)31-13-29(14-38-15-29)41-11-23(31)33(32)24-19-7-6-18(30)10-17(19)12-42-22-5-3-2-4-20(22)24/h2-10,23-24H,11-16H2,1H3/t23-,24+/m1/s1. The molecule has 2 saturated heterocycles. The van der Waals surface area contributed by atoms with Crippen molar-refractivity contribution in [1.82, 2.24) is 9.58 Å². The molecule has 218 valence electrons. The number of hydrogen-bond donors (Lipinski definition) is 0. The molecule has 0 N–H and O–H groups in total. The number of amides is 1. The maximum Gasteiger partial charge on any atom is 0.510 e. The average Bonchev–Trinajstić information content (AvgIpc) is 3.14. The van der Waals surface area contributed by atoms with Gasteiger partial charge >= 0.3 is 6.16 Å². The molecule has 5 heterocycles. The van der Waals surface area contributed by atoms with E-state index in [9.17, 15) is 18.8 Å². The molecule has 11 nitrogen and oxygen atoms in total. The van der Waals surface area contributed by atoms with E-state index in [1.807, 2.05) is 29.3 Å². The van der Waals surface area contributed by atoms with Crippen LogP contribution in [0, 0.1) is 5.82 Å². The first kappa shape index (κ1) is 26.8. The van der Waals surface area contributed by atoms with Gasteiger partial charge in [0.05, 0.1) is 39.5 Å². The molecule has 0 unspecified atom stereocenters. The van der Waals surface area contributed by atoms with E-state index in [0.717, 1.165) is 28.7 Å². The van der Waals surface area contributed by atoms with Gasteiger partial charge in [0.15, 0.2) is 5.69 Å². The molecule has 0 radical (unpaired) electrons. The third-order valence-corrected chi connectivity index (χ3v) is 9.09. The molecule has 0 aliphatic carbocycles. The van der Waals surface area contributed by atoms with Crippen LogP contribution < -0.4 is 15.2 Å². The molecule has 4 aliphatic heterocycles. The number of aromatic nitrogens is 1. The number of carbonyl (C=O) groups is 2. The smallest absolute Gasteiger partial charge is 0.451 e. The van der Waals surface area contributed by atoms with Gasteiger partial charge in [-0.25, -0.2) is 9.18 Å². The van der Waals surface area contributed by atoms with Crippen LogP contribution in [0.25, 0.3) is 0 Å². The first-order chi connectivity index (χ1) is 20.4. The number of benzene rings is 2. The number of hydrogen-bond acceptors (Lipinski definition) is 10. The largest absolute Gasteiger partial charge is 0.510 e. The number of carbonyl (C=O) groups excluding carboxylic acids is 2. The van der Waals surface area contributed by atoms with Crippen LogP contribution in [0.15, 0.2) is 64.4 Å². The van der Waals surface area contributed by atoms with Crippen molar-refractivity contribution >= 4 is 23.8 Å². The van der Waals surface area contributed by atoms with E-state index in [2.05, 4.69) is 4.74 Å². The third-order valence-electron chi connectivity index (χ3n) is 7.95. The Hall–Kier alpha value is -4.07. The predicted octanol–water partition coefficient (Wildman–Crippen LogP) is 3.02. The summed E-state index contributed by atoms with van der Waals surface area (Å²) in [6, 6.07) is 13.5. The Morgan fingerprint density at radius 2 is 1.98 bits per heavy atom. The number of morpholine rings is 1. The summed E-state index contributed by atoms with van der Waals surface area (Å²) < 4.78 is 42.9. The fourth-order valence-electron chi connectivity index (χ4n) is 5.95. The van der Waals surface area contributed by atoms with Crippen molar-refractivity contribution < 1.29 is 37.7 Å². The lowest BCUT2D eigenvalue weighted by Gasteiger charge is -2.57. The first-order valence-corrected chi connectivity index (χ1v) is 14.3. The van der Waals surface area contributed by atoms with Crippen molar-refractivity contribution in [3.63, 3.8) is 0 Å². The second kappa shape index (κ2) is 10.3. The Kier molecular flexibility index (Phi) is 6.59. The molecule has 1 spiro atoms. The van der Waals surface area contributed by atoms with Crippen molar-refractivity contribution in [2.75, 3.05) is 45.3 Å². The summed E-state index contributed by atoms with van der Waals surface area (Å²) in [4.78, 5) is 41.6. The number of rotatable bonds is 4. The van der Waals surface area contributed by atoms with Gasteiger partial charge in [-0.05, 0) is 34.9 Å². The number of methoxy groups -OCH3 is 1. The molecule has 0 bridgehead atoms. The fraction of sp³-hybridized carbons (Fsp3) is 0.345. The molecule has 2 atom stereocenters. The highest BCUT2D eigenvalue weighted by Gasteiger charge is 2.54. The predicted molar refractivity (Wildman–Crippen MR) is 146 cm³/mol. The van der Waals surface area contributed by atoms with Crippen LogP contribution in [0.1, 0.15) is 33.2 Å². The molecule has 7 rings (SSSR count). The average molecular weight is 596 g/mol. The molecule has 1 amide bonds. The van der Waals surface area contributed by atoms with Crippen molar-refractivity contribution in [3.05, 3.63) is 93.2 Å². The van der Waals surface area contributed by atoms with E-state index in [0.29, 0.717) is 19.0 Å². The van der Waals surface area contributed by atoms with E-state index in [1.54, 1.807) is 27.4 Å². The molecule has 42 heavy (non-hydrogen) atoms. The zero-order valence-corrected chi connectivity index (χ0v) is 23.3. The lowest BCUT2D eigenvalue weighted by molar-refractivity contribution is -0.245. The Labute approximate surface area is 243 Å². The van der Waals surface area contributed by atoms with E-state index >= 15 is 0 Å². The van der Waals surface area contributed by atoms with Gasteiger partial charge in [-0.3, -0.25) is 19.3 Å². The Bertz CT molecular complexity index is 1640. The summed E-state index contributed by atoms with van der Waals surface area (Å²) in [5, 5.41) is 1.98.